The lowest BCUT2D eigenvalue weighted by Gasteiger charge is -2.04. The maximum atomic E-state index is 12.0. The van der Waals surface area contributed by atoms with Crippen molar-refractivity contribution >= 4 is 22.6 Å². The molecule has 1 heterocycles. The molecule has 82 valence electrons. The number of fused-ring (bicyclic) bond motifs is 1. The summed E-state index contributed by atoms with van der Waals surface area (Å²) in [5.41, 5.74) is 1.45. The van der Waals surface area contributed by atoms with E-state index in [0.717, 1.165) is 0 Å². The zero-order valence-corrected chi connectivity index (χ0v) is 8.02. The molecular formula is C10H7F2N3O. The highest BCUT2D eigenvalue weighted by Gasteiger charge is 2.14. The first-order chi connectivity index (χ1) is 7.66. The number of amides is 1. The highest BCUT2D eigenvalue weighted by molar-refractivity contribution is 5.94. The summed E-state index contributed by atoms with van der Waals surface area (Å²) in [6.07, 6.45) is -0.0154. The Morgan fingerprint density at radius 3 is 2.56 bits per heavy atom. The van der Waals surface area contributed by atoms with Gasteiger partial charge < -0.3 is 5.32 Å². The first-order valence-corrected chi connectivity index (χ1v) is 4.46. The summed E-state index contributed by atoms with van der Waals surface area (Å²) in [6, 6.07) is 4.59. The minimum Gasteiger partial charge on any atom is -0.321 e. The van der Waals surface area contributed by atoms with Crippen LogP contribution in [-0.2, 0) is 4.79 Å². The molecule has 0 radical (unpaired) electrons. The lowest BCUT2D eigenvalue weighted by atomic mass is 10.2. The van der Waals surface area contributed by atoms with Crippen LogP contribution in [0.2, 0.25) is 0 Å². The molecule has 1 aromatic carbocycles. The van der Waals surface area contributed by atoms with Crippen LogP contribution in [0.25, 0.3) is 11.0 Å². The third-order valence-electron chi connectivity index (χ3n) is 1.94. The van der Waals surface area contributed by atoms with Gasteiger partial charge in [-0.1, -0.05) is 0 Å². The molecule has 4 nitrogen and oxygen atoms in total. The first-order valence-electron chi connectivity index (χ1n) is 4.46. The number of benzene rings is 1. The third kappa shape index (κ3) is 2.10. The summed E-state index contributed by atoms with van der Waals surface area (Å²) in [5.74, 6) is -1.33. The Labute approximate surface area is 89.3 Å². The van der Waals surface area contributed by atoms with Gasteiger partial charge in [0.25, 0.3) is 5.91 Å². The number of halogens is 2. The molecule has 1 aromatic heterocycles. The van der Waals surface area contributed by atoms with Crippen molar-refractivity contribution in [1.82, 2.24) is 9.97 Å². The van der Waals surface area contributed by atoms with Crippen LogP contribution in [0.1, 0.15) is 0 Å². The largest absolute Gasteiger partial charge is 0.321 e. The Bertz CT molecular complexity index is 530. The van der Waals surface area contributed by atoms with Gasteiger partial charge in [-0.15, -0.1) is 0 Å². The summed E-state index contributed by atoms with van der Waals surface area (Å²) in [7, 11) is 0. The lowest BCUT2D eigenvalue weighted by molar-refractivity contribution is -0.126. The second-order valence-electron chi connectivity index (χ2n) is 3.05. The molecule has 0 spiro atoms. The Morgan fingerprint density at radius 1 is 1.19 bits per heavy atom. The molecule has 0 saturated carbocycles. The minimum atomic E-state index is -3.03. The third-order valence-corrected chi connectivity index (χ3v) is 1.94. The van der Waals surface area contributed by atoms with Crippen LogP contribution in [0.15, 0.2) is 30.6 Å². The molecule has 2 rings (SSSR count). The number of hydrogen-bond donors (Lipinski definition) is 1. The number of aromatic nitrogens is 2. The van der Waals surface area contributed by atoms with E-state index in [-0.39, 0.29) is 5.69 Å². The van der Waals surface area contributed by atoms with Crippen molar-refractivity contribution in [2.24, 2.45) is 0 Å². The zero-order valence-electron chi connectivity index (χ0n) is 8.02. The summed E-state index contributed by atoms with van der Waals surface area (Å²) in [5, 5.41) is 2.08. The number of anilines is 1. The Kier molecular flexibility index (Phi) is 2.72. The highest BCUT2D eigenvalue weighted by atomic mass is 19.3. The van der Waals surface area contributed by atoms with Gasteiger partial charge in [-0.3, -0.25) is 14.8 Å². The van der Waals surface area contributed by atoms with Crippen molar-refractivity contribution in [1.29, 1.82) is 0 Å². The van der Waals surface area contributed by atoms with E-state index in [1.54, 1.807) is 6.07 Å². The van der Waals surface area contributed by atoms with Crippen LogP contribution >= 0.6 is 0 Å². The van der Waals surface area contributed by atoms with E-state index in [1.165, 1.54) is 24.5 Å². The van der Waals surface area contributed by atoms with Crippen molar-refractivity contribution in [3.63, 3.8) is 0 Å². The van der Waals surface area contributed by atoms with E-state index in [1.807, 2.05) is 0 Å². The molecule has 2 aromatic rings. The fourth-order valence-electron chi connectivity index (χ4n) is 1.24. The number of nitrogens with one attached hydrogen (secondary N) is 1. The average Bonchev–Trinajstić information content (AvgIpc) is 2.28. The monoisotopic (exact) mass is 223 g/mol. The number of nitrogens with zero attached hydrogens (tertiary/aromatic N) is 2. The van der Waals surface area contributed by atoms with E-state index in [2.05, 4.69) is 15.3 Å². The van der Waals surface area contributed by atoms with Crippen molar-refractivity contribution in [3.05, 3.63) is 30.6 Å². The Morgan fingerprint density at radius 2 is 1.88 bits per heavy atom. The maximum Gasteiger partial charge on any atom is 0.315 e. The number of rotatable bonds is 2. The SMILES string of the molecule is O=C(Nc1ccc2nccnc2c1)C(F)F. The predicted octanol–water partition coefficient (Wildman–Crippen LogP) is 1.83. The zero-order chi connectivity index (χ0) is 11.5. The van der Waals surface area contributed by atoms with E-state index in [9.17, 15) is 13.6 Å². The number of carbonyl (C=O) groups is 1. The van der Waals surface area contributed by atoms with Crippen molar-refractivity contribution in [2.45, 2.75) is 6.43 Å². The molecule has 0 atom stereocenters. The van der Waals surface area contributed by atoms with Crippen molar-refractivity contribution < 1.29 is 13.6 Å². The van der Waals surface area contributed by atoms with Crippen LogP contribution in [0, 0.1) is 0 Å². The van der Waals surface area contributed by atoms with Gasteiger partial charge in [0.15, 0.2) is 0 Å². The highest BCUT2D eigenvalue weighted by Crippen LogP contribution is 2.15. The molecule has 6 heteroatoms. The maximum absolute atomic E-state index is 12.0. The van der Waals surface area contributed by atoms with E-state index in [4.69, 9.17) is 0 Å². The Hall–Kier alpha value is -2.11. The number of alkyl halides is 2. The van der Waals surface area contributed by atoms with Gasteiger partial charge in [0, 0.05) is 18.1 Å². The number of carbonyl (C=O) groups excluding carboxylic acids is 1. The van der Waals surface area contributed by atoms with Gasteiger partial charge in [-0.25, -0.2) is 0 Å². The molecule has 16 heavy (non-hydrogen) atoms. The van der Waals surface area contributed by atoms with Crippen molar-refractivity contribution in [3.8, 4) is 0 Å². The molecule has 0 bridgehead atoms. The standard InChI is InChI=1S/C10H7F2N3O/c11-9(12)10(16)15-6-1-2-7-8(5-6)14-4-3-13-7/h1-5,9H,(H,15,16). The van der Waals surface area contributed by atoms with Gasteiger partial charge in [-0.2, -0.15) is 8.78 Å². The molecule has 0 fully saturated rings. The minimum absolute atomic E-state index is 0.276. The molecule has 0 aliphatic carbocycles. The lowest BCUT2D eigenvalue weighted by Crippen LogP contribution is -2.19. The number of hydrogen-bond acceptors (Lipinski definition) is 3. The van der Waals surface area contributed by atoms with Crippen LogP contribution < -0.4 is 5.32 Å². The second kappa shape index (κ2) is 4.18. The first kappa shape index (κ1) is 10.4. The van der Waals surface area contributed by atoms with Crippen LogP contribution in [0.4, 0.5) is 14.5 Å². The van der Waals surface area contributed by atoms with Crippen LogP contribution in [-0.4, -0.2) is 22.3 Å². The fourth-order valence-corrected chi connectivity index (χ4v) is 1.24. The summed E-state index contributed by atoms with van der Waals surface area (Å²) < 4.78 is 24.0. The summed E-state index contributed by atoms with van der Waals surface area (Å²) >= 11 is 0. The molecule has 0 aliphatic heterocycles. The van der Waals surface area contributed by atoms with E-state index in [0.29, 0.717) is 11.0 Å². The van der Waals surface area contributed by atoms with Gasteiger partial charge in [0.05, 0.1) is 11.0 Å². The molecule has 1 amide bonds. The van der Waals surface area contributed by atoms with Crippen molar-refractivity contribution in [2.75, 3.05) is 5.32 Å². The molecule has 1 N–H and O–H groups in total. The van der Waals surface area contributed by atoms with Gasteiger partial charge >= 0.3 is 6.43 Å². The average molecular weight is 223 g/mol. The fraction of sp³-hybridized carbons (Fsp3) is 0.100. The van der Waals surface area contributed by atoms with Gasteiger partial charge in [0.2, 0.25) is 0 Å². The molecule has 0 aliphatic rings. The smallest absolute Gasteiger partial charge is 0.315 e. The van der Waals surface area contributed by atoms with E-state index >= 15 is 0 Å². The van der Waals surface area contributed by atoms with E-state index < -0.39 is 12.3 Å². The summed E-state index contributed by atoms with van der Waals surface area (Å²) in [6.45, 7) is 0. The van der Waals surface area contributed by atoms with Gasteiger partial charge in [0.1, 0.15) is 0 Å². The molecule has 0 unspecified atom stereocenters. The molecular weight excluding hydrogens is 216 g/mol. The second-order valence-corrected chi connectivity index (χ2v) is 3.05. The van der Waals surface area contributed by atoms with Gasteiger partial charge in [-0.05, 0) is 18.2 Å². The Balaban J connectivity index is 2.29. The topological polar surface area (TPSA) is 54.9 Å². The summed E-state index contributed by atoms with van der Waals surface area (Å²) in [4.78, 5) is 18.8. The van der Waals surface area contributed by atoms with Crippen LogP contribution in [0.3, 0.4) is 0 Å². The quantitative estimate of drug-likeness (QED) is 0.845. The normalized spacial score (nSPS) is 10.7. The van der Waals surface area contributed by atoms with Crippen LogP contribution in [0.5, 0.6) is 0 Å². The predicted molar refractivity (Wildman–Crippen MR) is 54.2 cm³/mol. The molecule has 0 saturated heterocycles.